The molecule has 3 aromatic rings. The number of hydrogen-bond donors (Lipinski definition) is 0. The lowest BCUT2D eigenvalue weighted by molar-refractivity contribution is -0.132. The van der Waals surface area contributed by atoms with Crippen LogP contribution in [0, 0.1) is 0 Å². The Bertz CT molecular complexity index is 1210. The van der Waals surface area contributed by atoms with Crippen molar-refractivity contribution in [1.82, 2.24) is 0 Å². The van der Waals surface area contributed by atoms with Crippen molar-refractivity contribution in [2.75, 3.05) is 12.0 Å². The molecule has 0 bridgehead atoms. The number of benzene rings is 3. The van der Waals surface area contributed by atoms with Crippen molar-refractivity contribution < 1.29 is 19.1 Å². The van der Waals surface area contributed by atoms with Crippen LogP contribution >= 0.6 is 11.8 Å². The number of hydrogen-bond acceptors (Lipinski definition) is 6. The fourth-order valence-corrected chi connectivity index (χ4v) is 4.13. The minimum absolute atomic E-state index is 0.168. The number of anilines is 1. The van der Waals surface area contributed by atoms with Gasteiger partial charge in [0.2, 0.25) is 0 Å². The van der Waals surface area contributed by atoms with Crippen LogP contribution in [0.4, 0.5) is 11.4 Å². The van der Waals surface area contributed by atoms with E-state index >= 15 is 0 Å². The summed E-state index contributed by atoms with van der Waals surface area (Å²) in [5.41, 5.74) is 2.24. The summed E-state index contributed by atoms with van der Waals surface area (Å²) >= 11 is 1.30. The summed E-state index contributed by atoms with van der Waals surface area (Å²) in [6.45, 7) is 1.33. The van der Waals surface area contributed by atoms with Crippen LogP contribution in [0.25, 0.3) is 6.08 Å². The standard InChI is InChI=1S/C25H20N2O4S/c1-17(28)31-21-14-13-18(15-22(21)30-2)16-23-24(29)27(20-11-7-4-8-12-20)25(32-23)26-19-9-5-3-6-10-19/h3-16H,1-2H3/b23-16-,26-25?. The van der Waals surface area contributed by atoms with Crippen molar-refractivity contribution in [2.45, 2.75) is 6.92 Å². The Morgan fingerprint density at radius 1 is 0.969 bits per heavy atom. The number of rotatable bonds is 5. The van der Waals surface area contributed by atoms with Gasteiger partial charge in [0, 0.05) is 6.92 Å². The number of aliphatic imine (C=N–C) groups is 1. The van der Waals surface area contributed by atoms with E-state index in [1.807, 2.05) is 60.7 Å². The highest BCUT2D eigenvalue weighted by Gasteiger charge is 2.34. The molecule has 6 nitrogen and oxygen atoms in total. The van der Waals surface area contributed by atoms with Gasteiger partial charge in [0.1, 0.15) is 0 Å². The lowest BCUT2D eigenvalue weighted by atomic mass is 10.2. The maximum Gasteiger partial charge on any atom is 0.308 e. The first-order valence-electron chi connectivity index (χ1n) is 9.84. The molecule has 32 heavy (non-hydrogen) atoms. The van der Waals surface area contributed by atoms with E-state index in [9.17, 15) is 9.59 Å². The van der Waals surface area contributed by atoms with E-state index in [2.05, 4.69) is 0 Å². The van der Waals surface area contributed by atoms with Crippen LogP contribution in [-0.4, -0.2) is 24.2 Å². The second kappa shape index (κ2) is 9.53. The molecule has 0 aromatic heterocycles. The van der Waals surface area contributed by atoms with E-state index in [1.54, 1.807) is 29.2 Å². The third kappa shape index (κ3) is 4.73. The topological polar surface area (TPSA) is 68.2 Å². The number of esters is 1. The number of carbonyl (C=O) groups excluding carboxylic acids is 2. The zero-order valence-electron chi connectivity index (χ0n) is 17.5. The second-order valence-corrected chi connectivity index (χ2v) is 7.83. The summed E-state index contributed by atoms with van der Waals surface area (Å²) in [6.07, 6.45) is 1.77. The van der Waals surface area contributed by atoms with E-state index in [4.69, 9.17) is 14.5 Å². The van der Waals surface area contributed by atoms with E-state index in [1.165, 1.54) is 25.8 Å². The van der Waals surface area contributed by atoms with E-state index in [0.29, 0.717) is 21.6 Å². The number of amides is 1. The van der Waals surface area contributed by atoms with Crippen molar-refractivity contribution >= 4 is 46.3 Å². The van der Waals surface area contributed by atoms with Gasteiger partial charge >= 0.3 is 5.97 Å². The van der Waals surface area contributed by atoms with Crippen LogP contribution in [0.1, 0.15) is 12.5 Å². The molecule has 1 amide bonds. The Morgan fingerprint density at radius 3 is 2.31 bits per heavy atom. The van der Waals surface area contributed by atoms with Gasteiger partial charge in [-0.05, 0) is 59.8 Å². The highest BCUT2D eigenvalue weighted by atomic mass is 32.2. The van der Waals surface area contributed by atoms with E-state index < -0.39 is 5.97 Å². The second-order valence-electron chi connectivity index (χ2n) is 6.82. The largest absolute Gasteiger partial charge is 0.493 e. The SMILES string of the molecule is COc1cc(/C=C2\SC(=Nc3ccccc3)N(c3ccccc3)C2=O)ccc1OC(C)=O. The molecule has 7 heteroatoms. The Morgan fingerprint density at radius 2 is 1.66 bits per heavy atom. The lowest BCUT2D eigenvalue weighted by Crippen LogP contribution is -2.28. The zero-order chi connectivity index (χ0) is 22.5. The molecule has 3 aromatic carbocycles. The minimum Gasteiger partial charge on any atom is -0.493 e. The van der Waals surface area contributed by atoms with Crippen molar-refractivity contribution in [1.29, 1.82) is 0 Å². The summed E-state index contributed by atoms with van der Waals surface area (Å²) in [5.74, 6) is 0.128. The van der Waals surface area contributed by atoms with Crippen LogP contribution in [0.2, 0.25) is 0 Å². The molecule has 0 radical (unpaired) electrons. The van der Waals surface area contributed by atoms with Gasteiger partial charge in [0.25, 0.3) is 5.91 Å². The smallest absolute Gasteiger partial charge is 0.308 e. The number of ether oxygens (including phenoxy) is 2. The molecular formula is C25H20N2O4S. The molecular weight excluding hydrogens is 424 g/mol. The summed E-state index contributed by atoms with van der Waals surface area (Å²) in [5, 5.41) is 0.571. The summed E-state index contributed by atoms with van der Waals surface area (Å²) < 4.78 is 10.5. The molecule has 4 rings (SSSR count). The summed E-state index contributed by atoms with van der Waals surface area (Å²) in [7, 11) is 1.50. The maximum atomic E-state index is 13.3. The van der Waals surface area contributed by atoms with Crippen molar-refractivity contribution in [3.8, 4) is 11.5 Å². The summed E-state index contributed by atoms with van der Waals surface area (Å²) in [4.78, 5) is 31.4. The third-order valence-corrected chi connectivity index (χ3v) is 5.51. The number of para-hydroxylation sites is 2. The average Bonchev–Trinajstić information content (AvgIpc) is 3.10. The number of amidine groups is 1. The van der Waals surface area contributed by atoms with Gasteiger partial charge in [-0.25, -0.2) is 4.99 Å². The predicted molar refractivity (Wildman–Crippen MR) is 127 cm³/mol. The monoisotopic (exact) mass is 444 g/mol. The quantitative estimate of drug-likeness (QED) is 0.298. The first kappa shape index (κ1) is 21.4. The molecule has 0 saturated carbocycles. The highest BCUT2D eigenvalue weighted by Crippen LogP contribution is 2.38. The molecule has 1 fully saturated rings. The van der Waals surface area contributed by atoms with Crippen LogP contribution in [-0.2, 0) is 9.59 Å². The molecule has 160 valence electrons. The van der Waals surface area contributed by atoms with Crippen molar-refractivity contribution in [3.63, 3.8) is 0 Å². The molecule has 1 aliphatic heterocycles. The number of nitrogens with zero attached hydrogens (tertiary/aromatic N) is 2. The molecule has 0 aliphatic carbocycles. The highest BCUT2D eigenvalue weighted by molar-refractivity contribution is 8.19. The lowest BCUT2D eigenvalue weighted by Gasteiger charge is -2.15. The third-order valence-electron chi connectivity index (χ3n) is 4.54. The predicted octanol–water partition coefficient (Wildman–Crippen LogP) is 5.43. The Balaban J connectivity index is 1.72. The molecule has 0 atom stereocenters. The van der Waals surface area contributed by atoms with Crippen LogP contribution in [0.5, 0.6) is 11.5 Å². The Kier molecular flexibility index (Phi) is 6.37. The van der Waals surface area contributed by atoms with E-state index in [0.717, 1.165) is 16.9 Å². The Labute approximate surface area is 190 Å². The van der Waals surface area contributed by atoms with Gasteiger partial charge in [-0.1, -0.05) is 42.5 Å². The van der Waals surface area contributed by atoms with Gasteiger partial charge in [-0.3, -0.25) is 14.5 Å². The van der Waals surface area contributed by atoms with Gasteiger partial charge in [0.15, 0.2) is 16.7 Å². The number of carbonyl (C=O) groups is 2. The molecule has 0 spiro atoms. The fraction of sp³-hybridized carbons (Fsp3) is 0.0800. The molecule has 1 heterocycles. The molecule has 1 aliphatic rings. The molecule has 0 N–H and O–H groups in total. The fourth-order valence-electron chi connectivity index (χ4n) is 3.13. The van der Waals surface area contributed by atoms with Gasteiger partial charge in [-0.2, -0.15) is 0 Å². The number of thioether (sulfide) groups is 1. The van der Waals surface area contributed by atoms with Crippen molar-refractivity contribution in [3.05, 3.63) is 89.3 Å². The van der Waals surface area contributed by atoms with Crippen molar-refractivity contribution in [2.24, 2.45) is 4.99 Å². The van der Waals surface area contributed by atoms with Crippen LogP contribution in [0.15, 0.2) is 88.8 Å². The summed E-state index contributed by atoms with van der Waals surface area (Å²) in [6, 6.07) is 24.1. The normalized spacial score (nSPS) is 15.9. The van der Waals surface area contributed by atoms with Gasteiger partial charge < -0.3 is 9.47 Å². The van der Waals surface area contributed by atoms with Gasteiger partial charge in [-0.15, -0.1) is 0 Å². The Hall–Kier alpha value is -3.84. The van der Waals surface area contributed by atoms with E-state index in [-0.39, 0.29) is 5.91 Å². The maximum absolute atomic E-state index is 13.3. The molecule has 1 saturated heterocycles. The average molecular weight is 445 g/mol. The van der Waals surface area contributed by atoms with Crippen LogP contribution in [0.3, 0.4) is 0 Å². The minimum atomic E-state index is -0.434. The number of methoxy groups -OCH3 is 1. The zero-order valence-corrected chi connectivity index (χ0v) is 18.3. The first-order valence-corrected chi connectivity index (χ1v) is 10.7. The van der Waals surface area contributed by atoms with Crippen LogP contribution < -0.4 is 14.4 Å². The van der Waals surface area contributed by atoms with Gasteiger partial charge in [0.05, 0.1) is 23.4 Å². The molecule has 0 unspecified atom stereocenters. The first-order chi connectivity index (χ1) is 15.5.